The third-order valence-electron chi connectivity index (χ3n) is 7.33. The predicted molar refractivity (Wildman–Crippen MR) is 90.2 cm³/mol. The maximum Gasteiger partial charge on any atom is 0.326 e. The summed E-state index contributed by atoms with van der Waals surface area (Å²) >= 11 is 0. The number of carbonyl (C=O) groups is 4. The van der Waals surface area contributed by atoms with Crippen LogP contribution >= 0.6 is 0 Å². The average Bonchev–Trinajstić information content (AvgIpc) is 3.39. The molecule has 1 aliphatic carbocycles. The number of likely N-dealkylation sites (tertiary alicyclic amines) is 2. The summed E-state index contributed by atoms with van der Waals surface area (Å²) in [4.78, 5) is 52.8. The summed E-state index contributed by atoms with van der Waals surface area (Å²) in [6.07, 6.45) is 5.38. The highest BCUT2D eigenvalue weighted by atomic mass is 16.5. The minimum absolute atomic E-state index is 0.0841. The van der Waals surface area contributed by atoms with Crippen molar-refractivity contribution in [1.29, 1.82) is 0 Å². The van der Waals surface area contributed by atoms with Crippen molar-refractivity contribution in [3.05, 3.63) is 0 Å². The van der Waals surface area contributed by atoms with E-state index < -0.39 is 29.8 Å². The summed E-state index contributed by atoms with van der Waals surface area (Å²) in [5.74, 6) is -2.77. The summed E-state index contributed by atoms with van der Waals surface area (Å²) in [5.41, 5.74) is 0. The molecule has 7 atom stereocenters. The normalized spacial score (nSPS) is 42.6. The second kappa shape index (κ2) is 6.02. The molecule has 4 heterocycles. The summed E-state index contributed by atoms with van der Waals surface area (Å²) in [5, 5.41) is 9.60. The molecule has 5 aliphatic rings. The monoisotopic (exact) mass is 376 g/mol. The Kier molecular flexibility index (Phi) is 3.83. The predicted octanol–water partition coefficient (Wildman–Crippen LogP) is 0.393. The highest BCUT2D eigenvalue weighted by Crippen LogP contribution is 2.48. The number of amides is 3. The molecule has 0 spiro atoms. The maximum absolute atomic E-state index is 13.0. The number of hydrogen-bond donors (Lipinski definition) is 1. The van der Waals surface area contributed by atoms with Gasteiger partial charge in [-0.25, -0.2) is 4.79 Å². The van der Waals surface area contributed by atoms with Gasteiger partial charge < -0.3 is 14.7 Å². The number of hydrogen-bond acceptors (Lipinski definition) is 5. The van der Waals surface area contributed by atoms with Crippen LogP contribution in [0.5, 0.6) is 0 Å². The molecule has 4 aliphatic heterocycles. The highest BCUT2D eigenvalue weighted by molar-refractivity contribution is 6.08. The molecular weight excluding hydrogens is 352 g/mol. The van der Waals surface area contributed by atoms with E-state index in [-0.39, 0.29) is 42.5 Å². The number of aliphatic carboxylic acids is 1. The second-order valence-electron chi connectivity index (χ2n) is 8.61. The molecule has 4 saturated heterocycles. The molecule has 1 N–H and O–H groups in total. The lowest BCUT2D eigenvalue weighted by atomic mass is 9.81. The van der Waals surface area contributed by atoms with Gasteiger partial charge in [-0.15, -0.1) is 0 Å². The molecule has 2 bridgehead atoms. The van der Waals surface area contributed by atoms with Gasteiger partial charge in [0.25, 0.3) is 0 Å². The average molecular weight is 376 g/mol. The van der Waals surface area contributed by atoms with E-state index in [1.165, 1.54) is 4.90 Å². The zero-order valence-electron chi connectivity index (χ0n) is 15.1. The van der Waals surface area contributed by atoms with E-state index in [0.717, 1.165) is 43.4 Å². The van der Waals surface area contributed by atoms with E-state index in [4.69, 9.17) is 4.74 Å². The second-order valence-corrected chi connectivity index (χ2v) is 8.61. The minimum atomic E-state index is -1.000. The number of carbonyl (C=O) groups excluding carboxylic acids is 3. The van der Waals surface area contributed by atoms with Crippen molar-refractivity contribution in [2.45, 2.75) is 69.2 Å². The van der Waals surface area contributed by atoms with Crippen molar-refractivity contribution < 1.29 is 29.0 Å². The van der Waals surface area contributed by atoms with Crippen molar-refractivity contribution in [2.75, 3.05) is 6.54 Å². The van der Waals surface area contributed by atoms with Crippen LogP contribution in [0.15, 0.2) is 0 Å². The van der Waals surface area contributed by atoms with Gasteiger partial charge in [0.1, 0.15) is 12.6 Å². The Hall–Kier alpha value is -1.96. The van der Waals surface area contributed by atoms with Crippen molar-refractivity contribution >= 4 is 23.7 Å². The van der Waals surface area contributed by atoms with Crippen LogP contribution in [-0.4, -0.2) is 69.4 Å². The molecule has 3 amide bonds. The number of carboxylic acid groups (broad SMARTS) is 1. The Morgan fingerprint density at radius 1 is 1.00 bits per heavy atom. The van der Waals surface area contributed by atoms with Crippen LogP contribution in [-0.2, 0) is 23.9 Å². The van der Waals surface area contributed by atoms with Crippen LogP contribution in [0.2, 0.25) is 0 Å². The van der Waals surface area contributed by atoms with Crippen LogP contribution in [0.4, 0.5) is 0 Å². The fourth-order valence-electron chi connectivity index (χ4n) is 6.19. The lowest BCUT2D eigenvalue weighted by Crippen LogP contribution is -2.51. The van der Waals surface area contributed by atoms with Gasteiger partial charge in [0.05, 0.1) is 24.0 Å². The number of ether oxygens (including phenoxy) is 1. The standard InChI is InChI=1S/C19H24N2O6/c22-14(21-10-4-2-1-3-9(10)7-11(21)19(25)26)8-20-17(23)15-12-5-6-13(27-12)16(15)18(20)24/h9-13,15-16H,1-8H2,(H,25,26). The van der Waals surface area contributed by atoms with E-state index in [1.54, 1.807) is 0 Å². The van der Waals surface area contributed by atoms with Crippen molar-refractivity contribution in [1.82, 2.24) is 9.80 Å². The van der Waals surface area contributed by atoms with Crippen LogP contribution in [0.25, 0.3) is 0 Å². The third-order valence-corrected chi connectivity index (χ3v) is 7.33. The molecule has 5 fully saturated rings. The van der Waals surface area contributed by atoms with Crippen LogP contribution in [0.3, 0.4) is 0 Å². The maximum atomic E-state index is 13.0. The first-order valence-corrected chi connectivity index (χ1v) is 10.0. The lowest BCUT2D eigenvalue weighted by molar-refractivity contribution is -0.153. The number of imide groups is 1. The molecule has 0 aromatic rings. The van der Waals surface area contributed by atoms with Crippen molar-refractivity contribution in [2.24, 2.45) is 17.8 Å². The molecule has 7 unspecified atom stereocenters. The molecule has 8 heteroatoms. The molecule has 146 valence electrons. The van der Waals surface area contributed by atoms with Crippen molar-refractivity contribution in [3.8, 4) is 0 Å². The molecule has 1 saturated carbocycles. The summed E-state index contributed by atoms with van der Waals surface area (Å²) in [6.45, 7) is -0.336. The van der Waals surface area contributed by atoms with Gasteiger partial charge in [-0.05, 0) is 38.0 Å². The van der Waals surface area contributed by atoms with Gasteiger partial charge in [0.15, 0.2) is 0 Å². The fraction of sp³-hybridized carbons (Fsp3) is 0.789. The lowest BCUT2D eigenvalue weighted by Gasteiger charge is -2.33. The third kappa shape index (κ3) is 2.38. The van der Waals surface area contributed by atoms with Gasteiger partial charge in [-0.3, -0.25) is 19.3 Å². The van der Waals surface area contributed by atoms with E-state index in [0.29, 0.717) is 6.42 Å². The van der Waals surface area contributed by atoms with E-state index in [9.17, 15) is 24.3 Å². The number of nitrogens with zero attached hydrogens (tertiary/aromatic N) is 2. The van der Waals surface area contributed by atoms with Gasteiger partial charge in [0.2, 0.25) is 17.7 Å². The van der Waals surface area contributed by atoms with E-state index in [1.807, 2.05) is 0 Å². The number of rotatable bonds is 3. The molecule has 8 nitrogen and oxygen atoms in total. The quantitative estimate of drug-likeness (QED) is 0.715. The van der Waals surface area contributed by atoms with Gasteiger partial charge in [-0.1, -0.05) is 12.8 Å². The Labute approximate surface area is 156 Å². The van der Waals surface area contributed by atoms with Crippen LogP contribution < -0.4 is 0 Å². The Morgan fingerprint density at radius 3 is 2.26 bits per heavy atom. The molecule has 27 heavy (non-hydrogen) atoms. The highest BCUT2D eigenvalue weighted by Gasteiger charge is 2.62. The van der Waals surface area contributed by atoms with Gasteiger partial charge in [0, 0.05) is 6.04 Å². The smallest absolute Gasteiger partial charge is 0.326 e. The Balaban J connectivity index is 1.36. The number of carboxylic acids is 1. The molecular formula is C19H24N2O6. The molecule has 0 aromatic heterocycles. The first kappa shape index (κ1) is 17.2. The van der Waals surface area contributed by atoms with Crippen LogP contribution in [0, 0.1) is 17.8 Å². The minimum Gasteiger partial charge on any atom is -0.480 e. The van der Waals surface area contributed by atoms with E-state index in [2.05, 4.69) is 0 Å². The summed E-state index contributed by atoms with van der Waals surface area (Å²) < 4.78 is 5.71. The van der Waals surface area contributed by atoms with Gasteiger partial charge in [-0.2, -0.15) is 0 Å². The summed E-state index contributed by atoms with van der Waals surface area (Å²) in [6, 6.07) is -0.934. The molecule has 0 radical (unpaired) electrons. The van der Waals surface area contributed by atoms with Crippen LogP contribution in [0.1, 0.15) is 44.9 Å². The Bertz CT molecular complexity index is 695. The summed E-state index contributed by atoms with van der Waals surface area (Å²) in [7, 11) is 0. The fourth-order valence-corrected chi connectivity index (χ4v) is 6.19. The van der Waals surface area contributed by atoms with Gasteiger partial charge >= 0.3 is 5.97 Å². The van der Waals surface area contributed by atoms with Crippen molar-refractivity contribution in [3.63, 3.8) is 0 Å². The zero-order chi connectivity index (χ0) is 18.9. The molecule has 5 rings (SSSR count). The topological polar surface area (TPSA) is 104 Å². The number of fused-ring (bicyclic) bond motifs is 6. The largest absolute Gasteiger partial charge is 0.480 e. The SMILES string of the molecule is O=C(O)C1CC2CCCCC2N1C(=O)CN1C(=O)C2C3CCC(O3)C2C1=O. The van der Waals surface area contributed by atoms with E-state index >= 15 is 0 Å². The first-order valence-electron chi connectivity index (χ1n) is 10.0. The Morgan fingerprint density at radius 2 is 1.63 bits per heavy atom. The first-order chi connectivity index (χ1) is 13.0. The zero-order valence-corrected chi connectivity index (χ0v) is 15.1. The molecule has 0 aromatic carbocycles.